The van der Waals surface area contributed by atoms with Crippen molar-refractivity contribution < 1.29 is 24.3 Å². The van der Waals surface area contributed by atoms with Gasteiger partial charge < -0.3 is 30.9 Å². The van der Waals surface area contributed by atoms with Crippen LogP contribution in [-0.4, -0.2) is 93.9 Å². The molecule has 2 aromatic heterocycles. The molecule has 2 aromatic rings. The van der Waals surface area contributed by atoms with Crippen LogP contribution in [0.25, 0.3) is 0 Å². The van der Waals surface area contributed by atoms with Crippen molar-refractivity contribution in [1.29, 1.82) is 0 Å². The number of likely N-dealkylation sites (N-methyl/N-ethyl adjacent to an activating group) is 1. The Kier molecular flexibility index (Phi) is 9.79. The molecule has 2 aliphatic heterocycles. The van der Waals surface area contributed by atoms with Gasteiger partial charge in [0.1, 0.15) is 11.9 Å². The molecule has 4 heterocycles. The van der Waals surface area contributed by atoms with Gasteiger partial charge in [0.25, 0.3) is 5.91 Å². The van der Waals surface area contributed by atoms with Gasteiger partial charge in [-0.05, 0) is 25.6 Å². The van der Waals surface area contributed by atoms with Crippen LogP contribution >= 0.6 is 35.3 Å². The number of aromatic nitrogens is 2. The highest BCUT2D eigenvalue weighted by Gasteiger charge is 2.33. The average molecular weight is 572 g/mol. The molecule has 0 aromatic carbocycles. The number of aliphatic hydroxyl groups is 1. The first-order chi connectivity index (χ1) is 17.2. The molecule has 12 nitrogen and oxygen atoms in total. The molecule has 0 saturated carbocycles. The van der Waals surface area contributed by atoms with Crippen molar-refractivity contribution in [1.82, 2.24) is 30.4 Å². The predicted octanol–water partition coefficient (Wildman–Crippen LogP) is 0.0477. The number of β-amino-alcohol motifs (C(OH)–C–C–N with tert-alkyl or cyclic N) is 1. The van der Waals surface area contributed by atoms with E-state index in [1.165, 1.54) is 34.6 Å². The fraction of sp³-hybridized carbons (Fsp3) is 0.455. The Morgan fingerprint density at radius 3 is 2.70 bits per heavy atom. The Bertz CT molecular complexity index is 1160. The molecule has 15 heteroatoms. The summed E-state index contributed by atoms with van der Waals surface area (Å²) in [7, 11) is 1.99. The summed E-state index contributed by atoms with van der Waals surface area (Å²) in [4.78, 5) is 63.6. The molecule has 1 saturated heterocycles. The van der Waals surface area contributed by atoms with Gasteiger partial charge in [-0.15, -0.1) is 23.7 Å². The highest BCUT2D eigenvalue weighted by Crippen LogP contribution is 2.24. The van der Waals surface area contributed by atoms with Crippen LogP contribution in [0.2, 0.25) is 5.02 Å². The number of halogens is 2. The van der Waals surface area contributed by atoms with Crippen molar-refractivity contribution in [3.63, 3.8) is 0 Å². The molecule has 4 rings (SSSR count). The van der Waals surface area contributed by atoms with E-state index in [1.54, 1.807) is 0 Å². The van der Waals surface area contributed by atoms with E-state index < -0.39 is 35.8 Å². The molecular formula is C22H27Cl2N7O5S. The number of thiazole rings is 1. The molecule has 4 N–H and O–H groups in total. The maximum absolute atomic E-state index is 13.1. The fourth-order valence-corrected chi connectivity index (χ4v) is 5.10. The minimum atomic E-state index is -1.16. The minimum absolute atomic E-state index is 0. The van der Waals surface area contributed by atoms with Crippen LogP contribution in [0, 0.1) is 0 Å². The lowest BCUT2D eigenvalue weighted by Gasteiger charge is -2.24. The smallest absolute Gasteiger partial charge is 0.314 e. The van der Waals surface area contributed by atoms with E-state index in [0.29, 0.717) is 24.5 Å². The van der Waals surface area contributed by atoms with Crippen LogP contribution in [-0.2, 0) is 27.3 Å². The van der Waals surface area contributed by atoms with Crippen LogP contribution in [0.15, 0.2) is 18.3 Å². The van der Waals surface area contributed by atoms with E-state index in [1.807, 2.05) is 7.05 Å². The van der Waals surface area contributed by atoms with Crippen LogP contribution in [0.5, 0.6) is 0 Å². The summed E-state index contributed by atoms with van der Waals surface area (Å²) in [5.41, 5.74) is 0.870. The first kappa shape index (κ1) is 28.7. The Morgan fingerprint density at radius 1 is 1.24 bits per heavy atom. The summed E-state index contributed by atoms with van der Waals surface area (Å²) in [6.07, 6.45) is 1.82. The van der Waals surface area contributed by atoms with Crippen LogP contribution < -0.4 is 16.0 Å². The number of rotatable bonds is 6. The zero-order chi connectivity index (χ0) is 25.8. The second-order valence-electron chi connectivity index (χ2n) is 8.66. The number of anilines is 1. The lowest BCUT2D eigenvalue weighted by atomic mass is 10.2. The van der Waals surface area contributed by atoms with Gasteiger partial charge in [-0.1, -0.05) is 11.6 Å². The highest BCUT2D eigenvalue weighted by atomic mass is 35.5. The van der Waals surface area contributed by atoms with Gasteiger partial charge in [0, 0.05) is 50.2 Å². The summed E-state index contributed by atoms with van der Waals surface area (Å²) in [6.45, 7) is 1.66. The number of nitrogens with one attached hydrogen (secondary N) is 3. The zero-order valence-electron chi connectivity index (χ0n) is 19.9. The number of amides is 4. The number of hydrogen-bond acceptors (Lipinski definition) is 9. The number of aliphatic hydroxyl groups excluding tert-OH is 1. The number of hydrogen-bond donors (Lipinski definition) is 4. The molecule has 2 atom stereocenters. The van der Waals surface area contributed by atoms with Crippen molar-refractivity contribution in [3.05, 3.63) is 38.9 Å². The van der Waals surface area contributed by atoms with Gasteiger partial charge in [0.15, 0.2) is 5.01 Å². The quantitative estimate of drug-likeness (QED) is 0.354. The van der Waals surface area contributed by atoms with Gasteiger partial charge in [0.05, 0.1) is 16.8 Å². The fourth-order valence-electron chi connectivity index (χ4n) is 3.90. The van der Waals surface area contributed by atoms with E-state index >= 15 is 0 Å². The molecule has 37 heavy (non-hydrogen) atoms. The molecule has 0 radical (unpaired) electrons. The maximum Gasteiger partial charge on any atom is 0.314 e. The largest absolute Gasteiger partial charge is 0.391 e. The van der Waals surface area contributed by atoms with Crippen molar-refractivity contribution in [3.8, 4) is 0 Å². The summed E-state index contributed by atoms with van der Waals surface area (Å²) < 4.78 is 0. The van der Waals surface area contributed by atoms with Crippen LogP contribution in [0.3, 0.4) is 0 Å². The Balaban J connectivity index is 0.00000380. The second kappa shape index (κ2) is 12.6. The van der Waals surface area contributed by atoms with E-state index in [0.717, 1.165) is 23.5 Å². The Morgan fingerprint density at radius 2 is 2.03 bits per heavy atom. The predicted molar refractivity (Wildman–Crippen MR) is 139 cm³/mol. The number of fused-ring (bicyclic) bond motifs is 1. The Labute approximate surface area is 228 Å². The molecular weight excluding hydrogens is 545 g/mol. The first-order valence-corrected chi connectivity index (χ1v) is 12.5. The van der Waals surface area contributed by atoms with Crippen molar-refractivity contribution >= 4 is 64.8 Å². The second-order valence-corrected chi connectivity index (χ2v) is 10.2. The lowest BCUT2D eigenvalue weighted by molar-refractivity contribution is -0.137. The molecule has 200 valence electrons. The third-order valence-corrected chi connectivity index (χ3v) is 7.14. The van der Waals surface area contributed by atoms with Gasteiger partial charge in [0.2, 0.25) is 5.91 Å². The number of nitrogens with zero attached hydrogens (tertiary/aromatic N) is 4. The highest BCUT2D eigenvalue weighted by molar-refractivity contribution is 7.13. The minimum Gasteiger partial charge on any atom is -0.391 e. The molecule has 1 fully saturated rings. The standard InChI is InChI=1S/C22H26ClN7O5S.ClH/c1-29-6-5-14-16(11-29)36-21(27-14)20(34)26-15(22(35)30-7-4-13(31)10-30)9-25-18(32)19(33)28-17-3-2-12(23)8-24-17;/h2-3,8,13,15,31H,4-7,9-11H2,1H3,(H,25,32)(H,26,34)(H,24,28,33);1H/t13-,15?;/m1./s1. The van der Waals surface area contributed by atoms with E-state index in [9.17, 15) is 24.3 Å². The topological polar surface area (TPSA) is 157 Å². The van der Waals surface area contributed by atoms with Gasteiger partial charge in [-0.2, -0.15) is 0 Å². The van der Waals surface area contributed by atoms with Crippen molar-refractivity contribution in [2.24, 2.45) is 0 Å². The molecule has 0 aliphatic carbocycles. The van der Waals surface area contributed by atoms with E-state index in [2.05, 4.69) is 30.8 Å². The molecule has 1 unspecified atom stereocenters. The normalized spacial score (nSPS) is 17.8. The average Bonchev–Trinajstić information content (AvgIpc) is 3.48. The first-order valence-electron chi connectivity index (χ1n) is 11.3. The van der Waals surface area contributed by atoms with Crippen LogP contribution in [0.4, 0.5) is 5.82 Å². The third kappa shape index (κ3) is 7.36. The monoisotopic (exact) mass is 571 g/mol. The van der Waals surface area contributed by atoms with E-state index in [-0.39, 0.29) is 36.3 Å². The summed E-state index contributed by atoms with van der Waals surface area (Å²) in [6, 6.07) is 1.78. The maximum atomic E-state index is 13.1. The molecule has 0 bridgehead atoms. The van der Waals surface area contributed by atoms with Gasteiger partial charge in [-0.25, -0.2) is 9.97 Å². The van der Waals surface area contributed by atoms with Crippen molar-refractivity contribution in [2.75, 3.05) is 38.5 Å². The zero-order valence-corrected chi connectivity index (χ0v) is 22.3. The van der Waals surface area contributed by atoms with Crippen LogP contribution in [0.1, 0.15) is 26.8 Å². The lowest BCUT2D eigenvalue weighted by Crippen LogP contribution is -2.54. The third-order valence-electron chi connectivity index (χ3n) is 5.84. The molecule has 4 amide bonds. The number of carbonyl (C=O) groups is 4. The van der Waals surface area contributed by atoms with Gasteiger partial charge >= 0.3 is 11.8 Å². The number of likely N-dealkylation sites (tertiary alicyclic amines) is 1. The molecule has 0 spiro atoms. The number of pyridine rings is 1. The summed E-state index contributed by atoms with van der Waals surface area (Å²) in [5.74, 6) is -2.88. The van der Waals surface area contributed by atoms with E-state index in [4.69, 9.17) is 11.6 Å². The molecule has 2 aliphatic rings. The van der Waals surface area contributed by atoms with Crippen molar-refractivity contribution in [2.45, 2.75) is 31.5 Å². The number of carbonyl (C=O) groups excluding carboxylic acids is 4. The summed E-state index contributed by atoms with van der Waals surface area (Å²) in [5, 5.41) is 17.8. The summed E-state index contributed by atoms with van der Waals surface area (Å²) >= 11 is 7.03. The van der Waals surface area contributed by atoms with Gasteiger partial charge in [-0.3, -0.25) is 19.2 Å². The SMILES string of the molecule is CN1CCc2nc(C(=O)NC(CNC(=O)C(=O)Nc3ccc(Cl)cn3)C(=O)N3CC[C@@H](O)C3)sc2C1.Cl. The Hall–Kier alpha value is -2.84.